The second-order valence-corrected chi connectivity index (χ2v) is 9.27. The number of nitrogens with zero attached hydrogens (tertiary/aromatic N) is 5. The van der Waals surface area contributed by atoms with Gasteiger partial charge in [-0.1, -0.05) is 12.1 Å². The highest BCUT2D eigenvalue weighted by Crippen LogP contribution is 2.43. The van der Waals surface area contributed by atoms with E-state index < -0.39 is 0 Å². The molecule has 2 heterocycles. The minimum absolute atomic E-state index is 0.0529. The van der Waals surface area contributed by atoms with E-state index in [4.69, 9.17) is 9.47 Å². The predicted octanol–water partition coefficient (Wildman–Crippen LogP) is 5.88. The van der Waals surface area contributed by atoms with Gasteiger partial charge < -0.3 is 19.4 Å². The van der Waals surface area contributed by atoms with Gasteiger partial charge in [-0.25, -0.2) is 9.67 Å². The Balaban J connectivity index is 1.47. The van der Waals surface area contributed by atoms with E-state index in [1.807, 2.05) is 50.2 Å². The fourth-order valence-electron chi connectivity index (χ4n) is 4.59. The Kier molecular flexibility index (Phi) is 6.63. The highest BCUT2D eigenvalue weighted by atomic mass is 16.5. The maximum absolute atomic E-state index is 10.2. The highest BCUT2D eigenvalue weighted by molar-refractivity contribution is 5.95. The van der Waals surface area contributed by atoms with Crippen molar-refractivity contribution < 1.29 is 9.47 Å². The SMILES string of the molecule is C=C(Nc1ccc(-c2c(C#N)c3ccc(OCCn4cncn4)cc3n2C2CCC2)cc1)OC(C)C. The van der Waals surface area contributed by atoms with Crippen molar-refractivity contribution in [3.05, 3.63) is 73.1 Å². The van der Waals surface area contributed by atoms with Crippen molar-refractivity contribution >= 4 is 16.6 Å². The molecular weight excluding hydrogens is 452 g/mol. The molecule has 0 bridgehead atoms. The number of rotatable bonds is 10. The molecule has 0 radical (unpaired) electrons. The van der Waals surface area contributed by atoms with Gasteiger partial charge in [0.05, 0.1) is 29.4 Å². The molecule has 2 aromatic carbocycles. The Hall–Kier alpha value is -4.25. The molecule has 8 heteroatoms. The standard InChI is InChI=1S/C28H30N6O2/c1-19(2)36-20(3)32-22-9-7-21(8-10-22)28-26(16-29)25-12-11-24(35-14-13-33-18-30-17-31-33)15-27(25)34(28)23-5-4-6-23/h7-12,15,17-19,23,32H,3-6,13-14H2,1-2H3. The Labute approximate surface area is 210 Å². The van der Waals surface area contributed by atoms with Gasteiger partial charge in [0.25, 0.3) is 0 Å². The topological polar surface area (TPSA) is 89.9 Å². The molecule has 1 aliphatic carbocycles. The number of hydrogen-bond acceptors (Lipinski definition) is 6. The first-order valence-corrected chi connectivity index (χ1v) is 12.3. The van der Waals surface area contributed by atoms with Gasteiger partial charge in [-0.05, 0) is 69.5 Å². The van der Waals surface area contributed by atoms with Crippen LogP contribution in [0, 0.1) is 11.3 Å². The maximum Gasteiger partial charge on any atom is 0.183 e. The summed E-state index contributed by atoms with van der Waals surface area (Å²) in [5, 5.41) is 18.4. The molecule has 0 unspecified atom stereocenters. The fourth-order valence-corrected chi connectivity index (χ4v) is 4.59. The van der Waals surface area contributed by atoms with Crippen LogP contribution in [0.3, 0.4) is 0 Å². The lowest BCUT2D eigenvalue weighted by Crippen LogP contribution is -2.18. The third-order valence-electron chi connectivity index (χ3n) is 6.40. The average Bonchev–Trinajstić information content (AvgIpc) is 3.44. The van der Waals surface area contributed by atoms with E-state index in [2.05, 4.69) is 38.7 Å². The van der Waals surface area contributed by atoms with Gasteiger partial charge in [0.2, 0.25) is 0 Å². The van der Waals surface area contributed by atoms with Crippen molar-refractivity contribution in [1.29, 1.82) is 5.26 Å². The zero-order valence-corrected chi connectivity index (χ0v) is 20.6. The summed E-state index contributed by atoms with van der Waals surface area (Å²) in [6, 6.07) is 16.9. The summed E-state index contributed by atoms with van der Waals surface area (Å²) < 4.78 is 15.7. The molecule has 36 heavy (non-hydrogen) atoms. The molecule has 1 N–H and O–H groups in total. The molecule has 184 valence electrons. The zero-order chi connectivity index (χ0) is 25.1. The normalized spacial score (nSPS) is 13.4. The van der Waals surface area contributed by atoms with Crippen molar-refractivity contribution in [2.75, 3.05) is 11.9 Å². The monoisotopic (exact) mass is 482 g/mol. The second kappa shape index (κ2) is 10.2. The smallest absolute Gasteiger partial charge is 0.183 e. The van der Waals surface area contributed by atoms with E-state index in [0.717, 1.165) is 46.4 Å². The van der Waals surface area contributed by atoms with Crippen LogP contribution < -0.4 is 10.1 Å². The van der Waals surface area contributed by atoms with Crippen LogP contribution in [-0.2, 0) is 11.3 Å². The number of nitrogens with one attached hydrogen (secondary N) is 1. The summed E-state index contributed by atoms with van der Waals surface area (Å²) in [6.45, 7) is 8.96. The number of fused-ring (bicyclic) bond motifs is 1. The van der Waals surface area contributed by atoms with Gasteiger partial charge in [0.1, 0.15) is 31.1 Å². The molecule has 1 saturated carbocycles. The van der Waals surface area contributed by atoms with E-state index in [1.54, 1.807) is 11.0 Å². The summed E-state index contributed by atoms with van der Waals surface area (Å²) in [4.78, 5) is 3.96. The second-order valence-electron chi connectivity index (χ2n) is 9.27. The molecule has 0 aliphatic heterocycles. The first-order chi connectivity index (χ1) is 17.5. The van der Waals surface area contributed by atoms with Crippen LogP contribution in [0.4, 0.5) is 5.69 Å². The van der Waals surface area contributed by atoms with E-state index in [1.165, 1.54) is 12.7 Å². The van der Waals surface area contributed by atoms with E-state index in [-0.39, 0.29) is 6.10 Å². The predicted molar refractivity (Wildman–Crippen MR) is 139 cm³/mol. The summed E-state index contributed by atoms with van der Waals surface area (Å²) in [5.41, 5.74) is 4.58. The van der Waals surface area contributed by atoms with Crippen molar-refractivity contribution in [3.8, 4) is 23.1 Å². The fraction of sp³-hybridized carbons (Fsp3) is 0.321. The van der Waals surface area contributed by atoms with Gasteiger partial charge in [0.15, 0.2) is 5.88 Å². The lowest BCUT2D eigenvalue weighted by molar-refractivity contribution is 0.153. The Morgan fingerprint density at radius 3 is 2.67 bits per heavy atom. The van der Waals surface area contributed by atoms with Crippen LogP contribution in [0.25, 0.3) is 22.2 Å². The molecule has 1 fully saturated rings. The van der Waals surface area contributed by atoms with E-state index in [9.17, 15) is 5.26 Å². The molecule has 0 amide bonds. The van der Waals surface area contributed by atoms with Crippen LogP contribution in [0.1, 0.15) is 44.7 Å². The minimum Gasteiger partial charge on any atom is -0.492 e. The number of benzene rings is 2. The lowest BCUT2D eigenvalue weighted by Gasteiger charge is -2.30. The summed E-state index contributed by atoms with van der Waals surface area (Å²) >= 11 is 0. The third kappa shape index (κ3) is 4.78. The van der Waals surface area contributed by atoms with Gasteiger partial charge in [-0.3, -0.25) is 0 Å². The number of nitriles is 1. The van der Waals surface area contributed by atoms with E-state index >= 15 is 0 Å². The first kappa shape index (κ1) is 23.5. The molecule has 8 nitrogen and oxygen atoms in total. The molecule has 0 spiro atoms. The van der Waals surface area contributed by atoms with Crippen LogP contribution in [-0.4, -0.2) is 32.0 Å². The molecule has 4 aromatic rings. The number of ether oxygens (including phenoxy) is 2. The van der Waals surface area contributed by atoms with Gasteiger partial charge >= 0.3 is 0 Å². The highest BCUT2D eigenvalue weighted by Gasteiger charge is 2.28. The Morgan fingerprint density at radius 2 is 2.03 bits per heavy atom. The van der Waals surface area contributed by atoms with Crippen molar-refractivity contribution in [3.63, 3.8) is 0 Å². The zero-order valence-electron chi connectivity index (χ0n) is 20.6. The van der Waals surface area contributed by atoms with Gasteiger partial charge in [-0.15, -0.1) is 0 Å². The average molecular weight is 483 g/mol. The summed E-state index contributed by atoms with van der Waals surface area (Å²) in [6.07, 6.45) is 6.64. The van der Waals surface area contributed by atoms with Crippen LogP contribution in [0.2, 0.25) is 0 Å². The number of anilines is 1. The number of hydrogen-bond donors (Lipinski definition) is 1. The number of aromatic nitrogens is 4. The van der Waals surface area contributed by atoms with Crippen molar-refractivity contribution in [2.45, 2.75) is 51.8 Å². The Morgan fingerprint density at radius 1 is 1.22 bits per heavy atom. The van der Waals surface area contributed by atoms with Crippen LogP contribution in [0.15, 0.2) is 67.6 Å². The molecule has 0 atom stereocenters. The van der Waals surface area contributed by atoms with E-state index in [0.29, 0.717) is 30.6 Å². The molecule has 0 saturated heterocycles. The summed E-state index contributed by atoms with van der Waals surface area (Å²) in [7, 11) is 0. The molecule has 5 rings (SSSR count). The van der Waals surface area contributed by atoms with Gasteiger partial charge in [0, 0.05) is 23.2 Å². The van der Waals surface area contributed by atoms with Crippen molar-refractivity contribution in [1.82, 2.24) is 19.3 Å². The third-order valence-corrected chi connectivity index (χ3v) is 6.40. The van der Waals surface area contributed by atoms with Crippen LogP contribution >= 0.6 is 0 Å². The molecule has 2 aromatic heterocycles. The van der Waals surface area contributed by atoms with Crippen molar-refractivity contribution in [2.24, 2.45) is 0 Å². The largest absolute Gasteiger partial charge is 0.492 e. The maximum atomic E-state index is 10.2. The molecule has 1 aliphatic rings. The summed E-state index contributed by atoms with van der Waals surface area (Å²) in [5.74, 6) is 1.29. The first-order valence-electron chi connectivity index (χ1n) is 12.3. The quantitative estimate of drug-likeness (QED) is 0.284. The Bertz CT molecular complexity index is 1390. The minimum atomic E-state index is 0.0529. The molecular formula is C28H30N6O2. The lowest BCUT2D eigenvalue weighted by atomic mass is 9.92. The van der Waals surface area contributed by atoms with Gasteiger partial charge in [-0.2, -0.15) is 10.4 Å². The van der Waals surface area contributed by atoms with Crippen LogP contribution in [0.5, 0.6) is 5.75 Å².